The summed E-state index contributed by atoms with van der Waals surface area (Å²) in [6.45, 7) is 1.04. The van der Waals surface area contributed by atoms with E-state index in [1.165, 1.54) is 0 Å². The first-order valence-corrected chi connectivity index (χ1v) is 7.94. The number of carbonyl (C=O) groups is 1. The summed E-state index contributed by atoms with van der Waals surface area (Å²) in [7, 11) is 0. The van der Waals surface area contributed by atoms with E-state index in [0.29, 0.717) is 16.3 Å². The van der Waals surface area contributed by atoms with E-state index in [0.717, 1.165) is 31.6 Å². The Labute approximate surface area is 140 Å². The number of carbonyl (C=O) groups excluding carboxylic acids is 1. The maximum atomic E-state index is 12.1. The van der Waals surface area contributed by atoms with Crippen molar-refractivity contribution in [3.05, 3.63) is 53.2 Å². The summed E-state index contributed by atoms with van der Waals surface area (Å²) in [5.74, 6) is 0.536. The molecule has 0 saturated heterocycles. The van der Waals surface area contributed by atoms with E-state index in [1.54, 1.807) is 36.5 Å². The lowest BCUT2D eigenvalue weighted by atomic mass is 10.2. The van der Waals surface area contributed by atoms with Gasteiger partial charge in [0.25, 0.3) is 5.91 Å². The van der Waals surface area contributed by atoms with Gasteiger partial charge in [-0.3, -0.25) is 4.79 Å². The number of anilines is 2. The number of halogens is 1. The molecule has 2 rings (SSSR count). The van der Waals surface area contributed by atoms with Gasteiger partial charge < -0.3 is 15.7 Å². The highest BCUT2D eigenvalue weighted by molar-refractivity contribution is 6.31. The van der Waals surface area contributed by atoms with Gasteiger partial charge in [-0.25, -0.2) is 4.98 Å². The molecule has 0 atom stereocenters. The number of amides is 1. The normalized spacial score (nSPS) is 10.3. The molecule has 0 spiro atoms. The number of hydrogen-bond donors (Lipinski definition) is 3. The van der Waals surface area contributed by atoms with Crippen LogP contribution < -0.4 is 10.6 Å². The number of rotatable bonds is 8. The second kappa shape index (κ2) is 9.12. The van der Waals surface area contributed by atoms with Crippen LogP contribution in [0.4, 0.5) is 11.5 Å². The summed E-state index contributed by atoms with van der Waals surface area (Å²) < 4.78 is 0. The van der Waals surface area contributed by atoms with Crippen molar-refractivity contribution in [2.75, 3.05) is 23.8 Å². The summed E-state index contributed by atoms with van der Waals surface area (Å²) in [6.07, 6.45) is 4.40. The van der Waals surface area contributed by atoms with Crippen molar-refractivity contribution in [2.24, 2.45) is 0 Å². The summed E-state index contributed by atoms with van der Waals surface area (Å²) >= 11 is 5.88. The van der Waals surface area contributed by atoms with E-state index in [9.17, 15) is 4.79 Å². The summed E-state index contributed by atoms with van der Waals surface area (Å²) in [6, 6.07) is 10.4. The van der Waals surface area contributed by atoms with E-state index in [1.807, 2.05) is 6.07 Å². The fourth-order valence-corrected chi connectivity index (χ4v) is 2.23. The monoisotopic (exact) mass is 333 g/mol. The third kappa shape index (κ3) is 5.88. The predicted molar refractivity (Wildman–Crippen MR) is 93.1 cm³/mol. The molecule has 1 aromatic heterocycles. The molecule has 23 heavy (non-hydrogen) atoms. The quantitative estimate of drug-likeness (QED) is 0.646. The molecule has 1 heterocycles. The molecule has 0 fully saturated rings. The highest BCUT2D eigenvalue weighted by Gasteiger charge is 2.06. The van der Waals surface area contributed by atoms with Gasteiger partial charge in [0.2, 0.25) is 0 Å². The standard InChI is InChI=1S/C17H20ClN3O2/c18-14-6-4-5-13(11-14)17(23)21-15-7-8-16(20-12-15)19-9-2-1-3-10-22/h4-8,11-12,22H,1-3,9-10H2,(H,19,20)(H,21,23). The van der Waals surface area contributed by atoms with E-state index in [2.05, 4.69) is 15.6 Å². The second-order valence-corrected chi connectivity index (χ2v) is 5.54. The van der Waals surface area contributed by atoms with E-state index in [4.69, 9.17) is 16.7 Å². The molecule has 6 heteroatoms. The first kappa shape index (κ1) is 17.2. The van der Waals surface area contributed by atoms with Crippen LogP contribution >= 0.6 is 11.6 Å². The Morgan fingerprint density at radius 3 is 2.74 bits per heavy atom. The van der Waals surface area contributed by atoms with Crippen molar-refractivity contribution < 1.29 is 9.90 Å². The average Bonchev–Trinajstić information content (AvgIpc) is 2.56. The second-order valence-electron chi connectivity index (χ2n) is 5.11. The Morgan fingerprint density at radius 2 is 2.04 bits per heavy atom. The predicted octanol–water partition coefficient (Wildman–Crippen LogP) is 3.56. The molecule has 0 aliphatic heterocycles. The third-order valence-corrected chi connectivity index (χ3v) is 3.48. The maximum absolute atomic E-state index is 12.1. The van der Waals surface area contributed by atoms with Crippen molar-refractivity contribution >= 4 is 29.0 Å². The summed E-state index contributed by atoms with van der Waals surface area (Å²) in [5, 5.41) is 15.2. The fourth-order valence-electron chi connectivity index (χ4n) is 2.04. The van der Waals surface area contributed by atoms with Gasteiger partial charge in [-0.15, -0.1) is 0 Å². The molecular formula is C17H20ClN3O2. The van der Waals surface area contributed by atoms with Crippen LogP contribution in [0.1, 0.15) is 29.6 Å². The molecule has 1 aromatic carbocycles. The molecule has 3 N–H and O–H groups in total. The largest absolute Gasteiger partial charge is 0.396 e. The number of aliphatic hydroxyl groups is 1. The van der Waals surface area contributed by atoms with Gasteiger partial charge in [0.1, 0.15) is 5.82 Å². The first-order valence-electron chi connectivity index (χ1n) is 7.57. The minimum atomic E-state index is -0.223. The molecule has 0 bridgehead atoms. The molecule has 122 valence electrons. The molecule has 0 unspecified atom stereocenters. The third-order valence-electron chi connectivity index (χ3n) is 3.25. The number of nitrogens with zero attached hydrogens (tertiary/aromatic N) is 1. The van der Waals surface area contributed by atoms with E-state index in [-0.39, 0.29) is 12.5 Å². The smallest absolute Gasteiger partial charge is 0.255 e. The molecule has 0 radical (unpaired) electrons. The van der Waals surface area contributed by atoms with Crippen LogP contribution in [0.3, 0.4) is 0 Å². The minimum absolute atomic E-state index is 0.223. The van der Waals surface area contributed by atoms with Crippen LogP contribution in [0.5, 0.6) is 0 Å². The number of pyridine rings is 1. The van der Waals surface area contributed by atoms with Crippen LogP contribution in [-0.4, -0.2) is 29.1 Å². The van der Waals surface area contributed by atoms with Crippen molar-refractivity contribution in [1.29, 1.82) is 0 Å². The number of aromatic nitrogens is 1. The summed E-state index contributed by atoms with van der Waals surface area (Å²) in [5.41, 5.74) is 1.13. The lowest BCUT2D eigenvalue weighted by molar-refractivity contribution is 0.102. The van der Waals surface area contributed by atoms with Crippen LogP contribution in [-0.2, 0) is 0 Å². The SMILES string of the molecule is O=C(Nc1ccc(NCCCCCO)nc1)c1cccc(Cl)c1. The zero-order chi connectivity index (χ0) is 16.5. The molecule has 5 nitrogen and oxygen atoms in total. The topological polar surface area (TPSA) is 74.2 Å². The first-order chi connectivity index (χ1) is 11.2. The summed E-state index contributed by atoms with van der Waals surface area (Å²) in [4.78, 5) is 16.3. The van der Waals surface area contributed by atoms with Gasteiger partial charge in [-0.05, 0) is 49.6 Å². The zero-order valence-electron chi connectivity index (χ0n) is 12.8. The van der Waals surface area contributed by atoms with Crippen molar-refractivity contribution in [3.8, 4) is 0 Å². The Balaban J connectivity index is 1.83. The van der Waals surface area contributed by atoms with Gasteiger partial charge in [0.15, 0.2) is 0 Å². The Morgan fingerprint density at radius 1 is 1.17 bits per heavy atom. The lowest BCUT2D eigenvalue weighted by Gasteiger charge is -2.08. The van der Waals surface area contributed by atoms with Gasteiger partial charge in [0.05, 0.1) is 11.9 Å². The van der Waals surface area contributed by atoms with Gasteiger partial charge in [-0.1, -0.05) is 17.7 Å². The van der Waals surface area contributed by atoms with Crippen molar-refractivity contribution in [1.82, 2.24) is 4.98 Å². The van der Waals surface area contributed by atoms with Gasteiger partial charge in [-0.2, -0.15) is 0 Å². The highest BCUT2D eigenvalue weighted by Crippen LogP contribution is 2.14. The Bertz CT molecular complexity index is 632. The maximum Gasteiger partial charge on any atom is 0.255 e. The van der Waals surface area contributed by atoms with Crippen molar-refractivity contribution in [2.45, 2.75) is 19.3 Å². The molecule has 2 aromatic rings. The number of unbranched alkanes of at least 4 members (excludes halogenated alkanes) is 2. The highest BCUT2D eigenvalue weighted by atomic mass is 35.5. The van der Waals surface area contributed by atoms with E-state index >= 15 is 0 Å². The van der Waals surface area contributed by atoms with Crippen LogP contribution in [0.25, 0.3) is 0 Å². The van der Waals surface area contributed by atoms with Crippen LogP contribution in [0, 0.1) is 0 Å². The molecular weight excluding hydrogens is 314 g/mol. The average molecular weight is 334 g/mol. The molecule has 0 aliphatic rings. The van der Waals surface area contributed by atoms with Gasteiger partial charge in [0, 0.05) is 23.7 Å². The number of aliphatic hydroxyl groups excluding tert-OH is 1. The van der Waals surface area contributed by atoms with E-state index < -0.39 is 0 Å². The van der Waals surface area contributed by atoms with Gasteiger partial charge >= 0.3 is 0 Å². The van der Waals surface area contributed by atoms with Crippen LogP contribution in [0.2, 0.25) is 5.02 Å². The molecule has 1 amide bonds. The molecule has 0 saturated carbocycles. The Hall–Kier alpha value is -2.11. The minimum Gasteiger partial charge on any atom is -0.396 e. The zero-order valence-corrected chi connectivity index (χ0v) is 13.5. The number of benzene rings is 1. The van der Waals surface area contributed by atoms with Crippen LogP contribution in [0.15, 0.2) is 42.6 Å². The molecule has 0 aliphatic carbocycles. The number of nitrogens with one attached hydrogen (secondary N) is 2. The van der Waals surface area contributed by atoms with Crippen molar-refractivity contribution in [3.63, 3.8) is 0 Å². The Kier molecular flexibility index (Phi) is 6.84. The lowest BCUT2D eigenvalue weighted by Crippen LogP contribution is -2.12. The fraction of sp³-hybridized carbons (Fsp3) is 0.294. The number of hydrogen-bond acceptors (Lipinski definition) is 4.